The maximum absolute atomic E-state index is 13.2. The van der Waals surface area contributed by atoms with Crippen molar-refractivity contribution in [1.29, 1.82) is 0 Å². The Morgan fingerprint density at radius 2 is 1.73 bits per heavy atom. The Morgan fingerprint density at radius 3 is 2.36 bits per heavy atom. The minimum absolute atomic E-state index is 0.373. The van der Waals surface area contributed by atoms with Gasteiger partial charge in [-0.25, -0.2) is 4.98 Å². The number of anilines is 5. The van der Waals surface area contributed by atoms with Crippen LogP contribution in [-0.2, 0) is 11.0 Å². The minimum Gasteiger partial charge on any atom is -0.494 e. The lowest BCUT2D eigenvalue weighted by Gasteiger charge is -2.43. The summed E-state index contributed by atoms with van der Waals surface area (Å²) in [6.07, 6.45) is 4.82. The van der Waals surface area contributed by atoms with E-state index < -0.39 is 7.14 Å². The fourth-order valence-corrected chi connectivity index (χ4v) is 8.31. The molecule has 238 valence electrons. The smallest absolute Gasteiger partial charge is 0.229 e. The molecule has 11 heteroatoms. The molecular weight excluding hydrogens is 593 g/mol. The molecule has 44 heavy (non-hydrogen) atoms. The van der Waals surface area contributed by atoms with Gasteiger partial charge in [-0.05, 0) is 82.3 Å². The molecule has 0 bridgehead atoms. The summed E-state index contributed by atoms with van der Waals surface area (Å²) in [6, 6.07) is 8.91. The van der Waals surface area contributed by atoms with Gasteiger partial charge in [0.2, 0.25) is 5.95 Å². The van der Waals surface area contributed by atoms with Gasteiger partial charge in [0.1, 0.15) is 17.9 Å². The fraction of sp³-hybridized carbons (Fsp3) is 0.515. The van der Waals surface area contributed by atoms with Crippen LogP contribution in [0.5, 0.6) is 5.75 Å². The summed E-state index contributed by atoms with van der Waals surface area (Å²) in [5, 5.41) is 7.88. The highest BCUT2D eigenvalue weighted by atomic mass is 35.5. The number of piperidine rings is 1. The van der Waals surface area contributed by atoms with Crippen molar-refractivity contribution in [2.75, 3.05) is 82.3 Å². The van der Waals surface area contributed by atoms with Gasteiger partial charge in [-0.2, -0.15) is 4.98 Å². The monoisotopic (exact) mass is 639 g/mol. The summed E-state index contributed by atoms with van der Waals surface area (Å²) >= 11 is 6.55. The number of aryl methyl sites for hydroxylation is 2. The quantitative estimate of drug-likeness (QED) is 0.263. The van der Waals surface area contributed by atoms with Crippen molar-refractivity contribution in [3.05, 3.63) is 52.2 Å². The molecule has 0 aliphatic carbocycles. The van der Waals surface area contributed by atoms with Crippen molar-refractivity contribution in [2.24, 2.45) is 0 Å². The Morgan fingerprint density at radius 1 is 1.02 bits per heavy atom. The van der Waals surface area contributed by atoms with Crippen LogP contribution in [0, 0.1) is 13.8 Å². The van der Waals surface area contributed by atoms with E-state index in [2.05, 4.69) is 56.4 Å². The molecule has 5 rings (SSSR count). The van der Waals surface area contributed by atoms with Crippen LogP contribution >= 0.6 is 18.7 Å². The highest BCUT2D eigenvalue weighted by Gasteiger charge is 2.28. The average Bonchev–Trinajstić information content (AvgIpc) is 3.00. The second-order valence-corrected chi connectivity index (χ2v) is 16.0. The average molecular weight is 640 g/mol. The van der Waals surface area contributed by atoms with Gasteiger partial charge < -0.3 is 29.7 Å². The lowest BCUT2D eigenvalue weighted by Crippen LogP contribution is -2.52. The van der Waals surface area contributed by atoms with E-state index >= 15 is 0 Å². The number of aromatic nitrogens is 2. The van der Waals surface area contributed by atoms with E-state index in [0.29, 0.717) is 22.8 Å². The molecule has 0 amide bonds. The molecule has 0 saturated carbocycles. The summed E-state index contributed by atoms with van der Waals surface area (Å²) in [7, 11) is 1.33. The second-order valence-electron chi connectivity index (χ2n) is 12.5. The molecule has 0 radical (unpaired) electrons. The van der Waals surface area contributed by atoms with Crippen molar-refractivity contribution in [3.63, 3.8) is 0 Å². The fourth-order valence-electron chi connectivity index (χ4n) is 6.48. The van der Waals surface area contributed by atoms with E-state index in [1.165, 1.54) is 37.2 Å². The molecule has 0 spiro atoms. The number of benzene rings is 2. The van der Waals surface area contributed by atoms with Gasteiger partial charge in [-0.3, -0.25) is 4.90 Å². The minimum atomic E-state index is -2.58. The Bertz CT molecular complexity index is 1530. The molecule has 0 unspecified atom stereocenters. The lowest BCUT2D eigenvalue weighted by molar-refractivity contribution is 0.0982. The number of hydrogen-bond donors (Lipinski definition) is 2. The summed E-state index contributed by atoms with van der Waals surface area (Å²) in [5.41, 5.74) is 6.11. The Labute approximate surface area is 267 Å². The molecule has 2 saturated heterocycles. The standard InChI is InChI=1S/C33H47ClN7O2P/c1-8-24-19-28(30(43-5)20-29(24)41-13-11-25(12-14-41)40-17-15-39(4)16-18-40)37-33-35-21-26(34)32(38-33)36-27-10-9-22(2)23(3)31(27)44(6,7)42/h9-10,19-21,25H,8,11-18H2,1-7H3,(H2,35,36,37,38). The van der Waals surface area contributed by atoms with E-state index in [-0.39, 0.29) is 0 Å². The normalized spacial score (nSPS) is 17.1. The number of halogens is 1. The van der Waals surface area contributed by atoms with Crippen molar-refractivity contribution >= 4 is 52.9 Å². The predicted molar refractivity (Wildman–Crippen MR) is 185 cm³/mol. The van der Waals surface area contributed by atoms with E-state index in [9.17, 15) is 4.57 Å². The molecule has 1 aromatic heterocycles. The van der Waals surface area contributed by atoms with Crippen LogP contribution in [0.25, 0.3) is 0 Å². The SMILES string of the molecule is CCc1cc(Nc2ncc(Cl)c(Nc3ccc(C)c(C)c3P(C)(C)=O)n2)c(OC)cc1N1CCC(N2CCN(C)CC2)CC1. The zero-order chi connectivity index (χ0) is 31.6. The van der Waals surface area contributed by atoms with E-state index in [4.69, 9.17) is 21.3 Å². The first kappa shape index (κ1) is 32.6. The summed E-state index contributed by atoms with van der Waals surface area (Å²) in [5.74, 6) is 1.57. The lowest BCUT2D eigenvalue weighted by atomic mass is 9.99. The predicted octanol–water partition coefficient (Wildman–Crippen LogP) is 6.27. The topological polar surface area (TPSA) is 85.9 Å². The maximum Gasteiger partial charge on any atom is 0.229 e. The number of likely N-dealkylation sites (N-methyl/N-ethyl adjacent to an activating group) is 1. The van der Waals surface area contributed by atoms with Gasteiger partial charge in [-0.15, -0.1) is 0 Å². The van der Waals surface area contributed by atoms with Crippen LogP contribution in [0.3, 0.4) is 0 Å². The van der Waals surface area contributed by atoms with Gasteiger partial charge in [0, 0.05) is 62.4 Å². The molecule has 0 atom stereocenters. The van der Waals surface area contributed by atoms with Crippen molar-refractivity contribution in [3.8, 4) is 5.75 Å². The van der Waals surface area contributed by atoms with Gasteiger partial charge >= 0.3 is 0 Å². The van der Waals surface area contributed by atoms with Gasteiger partial charge in [0.25, 0.3) is 0 Å². The number of piperazine rings is 1. The first-order valence-electron chi connectivity index (χ1n) is 15.6. The first-order chi connectivity index (χ1) is 21.0. The van der Waals surface area contributed by atoms with Crippen LogP contribution in [0.2, 0.25) is 5.02 Å². The Balaban J connectivity index is 1.35. The molecule has 3 aromatic rings. The van der Waals surface area contributed by atoms with Crippen LogP contribution in [-0.4, -0.2) is 92.6 Å². The molecule has 3 heterocycles. The summed E-state index contributed by atoms with van der Waals surface area (Å²) in [6.45, 7) is 16.5. The van der Waals surface area contributed by atoms with Crippen LogP contribution in [0.1, 0.15) is 36.5 Å². The van der Waals surface area contributed by atoms with E-state index in [1.807, 2.05) is 26.0 Å². The molecule has 2 aliphatic rings. The number of nitrogens with one attached hydrogen (secondary N) is 2. The molecule has 2 aliphatic heterocycles. The first-order valence-corrected chi connectivity index (χ1v) is 18.6. The number of methoxy groups -OCH3 is 1. The zero-order valence-corrected chi connectivity index (χ0v) is 28.9. The molecule has 9 nitrogen and oxygen atoms in total. The summed E-state index contributed by atoms with van der Waals surface area (Å²) in [4.78, 5) is 16.8. The van der Waals surface area contributed by atoms with E-state index in [0.717, 1.165) is 66.2 Å². The number of nitrogens with zero attached hydrogens (tertiary/aromatic N) is 5. The highest BCUT2D eigenvalue weighted by molar-refractivity contribution is 7.70. The van der Waals surface area contributed by atoms with Crippen LogP contribution in [0.15, 0.2) is 30.5 Å². The molecule has 2 aromatic carbocycles. The Hall–Kier alpha value is -2.84. The number of rotatable bonds is 9. The third-order valence-electron chi connectivity index (χ3n) is 9.13. The highest BCUT2D eigenvalue weighted by Crippen LogP contribution is 2.41. The van der Waals surface area contributed by atoms with Crippen molar-refractivity contribution in [1.82, 2.24) is 19.8 Å². The largest absolute Gasteiger partial charge is 0.494 e. The maximum atomic E-state index is 13.2. The third kappa shape index (κ3) is 7.17. The van der Waals surface area contributed by atoms with Crippen molar-refractivity contribution < 1.29 is 9.30 Å². The molecular formula is C33H47ClN7O2P. The van der Waals surface area contributed by atoms with Gasteiger partial charge in [-0.1, -0.05) is 24.6 Å². The van der Waals surface area contributed by atoms with Gasteiger partial charge in [0.15, 0.2) is 5.82 Å². The third-order valence-corrected chi connectivity index (χ3v) is 11.1. The van der Waals surface area contributed by atoms with Crippen LogP contribution < -0.4 is 25.6 Å². The number of hydrogen-bond acceptors (Lipinski definition) is 9. The van der Waals surface area contributed by atoms with Crippen LogP contribution in [0.4, 0.5) is 28.8 Å². The second kappa shape index (κ2) is 13.7. The van der Waals surface area contributed by atoms with Gasteiger partial charge in [0.05, 0.1) is 24.7 Å². The number of ether oxygens (including phenoxy) is 1. The Kier molecular flexibility index (Phi) is 10.1. The van der Waals surface area contributed by atoms with Crippen molar-refractivity contribution in [2.45, 2.75) is 46.1 Å². The molecule has 2 fully saturated rings. The molecule has 2 N–H and O–H groups in total. The van der Waals surface area contributed by atoms with E-state index in [1.54, 1.807) is 26.6 Å². The zero-order valence-electron chi connectivity index (χ0n) is 27.2. The summed E-state index contributed by atoms with van der Waals surface area (Å²) < 4.78 is 19.1.